The Morgan fingerprint density at radius 2 is 1.61 bits per heavy atom. The summed E-state index contributed by atoms with van der Waals surface area (Å²) in [5.41, 5.74) is -1.75. The van der Waals surface area contributed by atoms with Crippen LogP contribution in [-0.2, 0) is 9.47 Å². The Labute approximate surface area is 110 Å². The molecule has 1 saturated heterocycles. The molecule has 0 aromatic heterocycles. The molecule has 102 valence electrons. The number of hydrogen-bond acceptors (Lipinski definition) is 3. The lowest BCUT2D eigenvalue weighted by molar-refractivity contribution is -0.375. The fourth-order valence-corrected chi connectivity index (χ4v) is 2.98. The van der Waals surface area contributed by atoms with Crippen molar-refractivity contribution in [1.82, 2.24) is 0 Å². The van der Waals surface area contributed by atoms with Crippen LogP contribution in [0.15, 0.2) is 0 Å². The number of ether oxygens (including phenoxy) is 2. The highest BCUT2D eigenvalue weighted by molar-refractivity contribution is 5.20. The van der Waals surface area contributed by atoms with E-state index in [1.54, 1.807) is 0 Å². The van der Waals surface area contributed by atoms with E-state index in [9.17, 15) is 5.11 Å². The first-order valence-electron chi connectivity index (χ1n) is 6.66. The summed E-state index contributed by atoms with van der Waals surface area (Å²) in [4.78, 5) is 0. The highest BCUT2D eigenvalue weighted by Crippen LogP contribution is 2.54. The predicted octanol–water partition coefficient (Wildman–Crippen LogP) is 2.33. The molecule has 0 amide bonds. The van der Waals surface area contributed by atoms with Crippen LogP contribution in [0.25, 0.3) is 0 Å². The van der Waals surface area contributed by atoms with Crippen molar-refractivity contribution >= 4 is 0 Å². The average Bonchev–Trinajstić information content (AvgIpc) is 2.29. The van der Waals surface area contributed by atoms with Crippen LogP contribution in [0, 0.1) is 23.2 Å². The molecular formula is C15H24O3. The molecular weight excluding hydrogens is 228 g/mol. The van der Waals surface area contributed by atoms with E-state index in [4.69, 9.17) is 15.9 Å². The summed E-state index contributed by atoms with van der Waals surface area (Å²) >= 11 is 0. The Kier molecular flexibility index (Phi) is 3.05. The van der Waals surface area contributed by atoms with Crippen molar-refractivity contribution in [2.75, 3.05) is 13.2 Å². The molecule has 2 rings (SSSR count). The van der Waals surface area contributed by atoms with Gasteiger partial charge in [-0.2, -0.15) is 0 Å². The first-order chi connectivity index (χ1) is 8.18. The maximum atomic E-state index is 10.7. The zero-order chi connectivity index (χ0) is 13.7. The minimum atomic E-state index is -1.16. The van der Waals surface area contributed by atoms with E-state index in [-0.39, 0.29) is 5.41 Å². The highest BCUT2D eigenvalue weighted by atomic mass is 16.7. The van der Waals surface area contributed by atoms with Crippen LogP contribution in [0.1, 0.15) is 47.0 Å². The lowest BCUT2D eigenvalue weighted by Crippen LogP contribution is -2.66. The van der Waals surface area contributed by atoms with E-state index in [0.717, 1.165) is 12.8 Å². The second-order valence-electron chi connectivity index (χ2n) is 6.98. The number of terminal acetylenes is 1. The van der Waals surface area contributed by atoms with Crippen LogP contribution >= 0.6 is 0 Å². The van der Waals surface area contributed by atoms with Gasteiger partial charge in [-0.25, -0.2) is 0 Å². The van der Waals surface area contributed by atoms with Gasteiger partial charge in [-0.15, -0.1) is 6.42 Å². The lowest BCUT2D eigenvalue weighted by atomic mass is 9.61. The van der Waals surface area contributed by atoms with E-state index in [0.29, 0.717) is 19.6 Å². The minimum Gasteiger partial charge on any atom is -0.377 e. The van der Waals surface area contributed by atoms with Crippen LogP contribution in [-0.4, -0.2) is 29.7 Å². The molecule has 2 aliphatic rings. The second kappa shape index (κ2) is 3.96. The number of rotatable bonds is 0. The summed E-state index contributed by atoms with van der Waals surface area (Å²) in [6.45, 7) is 9.40. The third kappa shape index (κ3) is 1.79. The zero-order valence-electron chi connectivity index (χ0n) is 11.9. The van der Waals surface area contributed by atoms with Gasteiger partial charge in [0.15, 0.2) is 5.79 Å². The smallest absolute Gasteiger partial charge is 0.177 e. The van der Waals surface area contributed by atoms with Crippen molar-refractivity contribution in [1.29, 1.82) is 0 Å². The van der Waals surface area contributed by atoms with Crippen LogP contribution in [0.2, 0.25) is 0 Å². The summed E-state index contributed by atoms with van der Waals surface area (Å²) in [5.74, 6) is 1.81. The minimum absolute atomic E-state index is 0.0209. The molecule has 1 saturated carbocycles. The Morgan fingerprint density at radius 3 is 2.11 bits per heavy atom. The van der Waals surface area contributed by atoms with E-state index < -0.39 is 16.8 Å². The van der Waals surface area contributed by atoms with Crippen molar-refractivity contribution < 1.29 is 14.6 Å². The van der Waals surface area contributed by atoms with Crippen molar-refractivity contribution in [3.05, 3.63) is 0 Å². The zero-order valence-corrected chi connectivity index (χ0v) is 11.9. The van der Waals surface area contributed by atoms with Crippen LogP contribution < -0.4 is 0 Å². The van der Waals surface area contributed by atoms with Crippen molar-refractivity contribution in [3.8, 4) is 12.3 Å². The van der Waals surface area contributed by atoms with Crippen molar-refractivity contribution in [2.24, 2.45) is 10.8 Å². The Hall–Kier alpha value is -0.560. The number of hydrogen-bond donors (Lipinski definition) is 1. The first-order valence-corrected chi connectivity index (χ1v) is 6.66. The molecule has 1 unspecified atom stereocenters. The molecule has 1 atom stereocenters. The van der Waals surface area contributed by atoms with Crippen LogP contribution in [0.4, 0.5) is 0 Å². The molecule has 0 aromatic rings. The molecule has 18 heavy (non-hydrogen) atoms. The molecule has 2 fully saturated rings. The first kappa shape index (κ1) is 13.9. The summed E-state index contributed by atoms with van der Waals surface area (Å²) in [7, 11) is 0. The average molecular weight is 252 g/mol. The van der Waals surface area contributed by atoms with Gasteiger partial charge in [0.2, 0.25) is 0 Å². The van der Waals surface area contributed by atoms with Gasteiger partial charge in [0.05, 0.1) is 18.6 Å². The maximum Gasteiger partial charge on any atom is 0.177 e. The van der Waals surface area contributed by atoms with E-state index in [2.05, 4.69) is 19.8 Å². The van der Waals surface area contributed by atoms with E-state index in [1.165, 1.54) is 0 Å². The van der Waals surface area contributed by atoms with Crippen LogP contribution in [0.5, 0.6) is 0 Å². The standard InChI is InChI=1S/C15H24O3/c1-6-14(16)8-7-9-15(13(14,4)5)17-10-12(2,3)11-18-15/h1,16H,7-11H2,2-5H3. The van der Waals surface area contributed by atoms with E-state index in [1.807, 2.05) is 13.8 Å². The third-order valence-electron chi connectivity index (χ3n) is 4.66. The fourth-order valence-electron chi connectivity index (χ4n) is 2.98. The van der Waals surface area contributed by atoms with Gasteiger partial charge in [0, 0.05) is 11.8 Å². The van der Waals surface area contributed by atoms with Gasteiger partial charge in [0.1, 0.15) is 5.60 Å². The molecule has 1 aliphatic heterocycles. The molecule has 1 heterocycles. The molecule has 3 heteroatoms. The SMILES string of the molecule is C#CC1(O)CCCC2(OCC(C)(C)CO2)C1(C)C. The van der Waals surface area contributed by atoms with Crippen molar-refractivity contribution in [2.45, 2.75) is 58.3 Å². The van der Waals surface area contributed by atoms with Gasteiger partial charge in [0.25, 0.3) is 0 Å². The fraction of sp³-hybridized carbons (Fsp3) is 0.867. The Bertz CT molecular complexity index is 368. The summed E-state index contributed by atoms with van der Waals surface area (Å²) in [6.07, 6.45) is 7.77. The molecule has 0 bridgehead atoms. The van der Waals surface area contributed by atoms with Gasteiger partial charge in [-0.05, 0) is 12.8 Å². The molecule has 3 nitrogen and oxygen atoms in total. The largest absolute Gasteiger partial charge is 0.377 e. The topological polar surface area (TPSA) is 38.7 Å². The van der Waals surface area contributed by atoms with Crippen molar-refractivity contribution in [3.63, 3.8) is 0 Å². The quantitative estimate of drug-likeness (QED) is 0.672. The third-order valence-corrected chi connectivity index (χ3v) is 4.66. The Morgan fingerprint density at radius 1 is 1.06 bits per heavy atom. The second-order valence-corrected chi connectivity index (χ2v) is 6.98. The van der Waals surface area contributed by atoms with Crippen LogP contribution in [0.3, 0.4) is 0 Å². The maximum absolute atomic E-state index is 10.7. The molecule has 0 aromatic carbocycles. The number of aliphatic hydroxyl groups is 1. The summed E-state index contributed by atoms with van der Waals surface area (Å²) in [6, 6.07) is 0. The Balaban J connectivity index is 2.31. The van der Waals surface area contributed by atoms with Gasteiger partial charge in [-0.1, -0.05) is 33.6 Å². The molecule has 0 radical (unpaired) electrons. The summed E-state index contributed by atoms with van der Waals surface area (Å²) < 4.78 is 12.1. The van der Waals surface area contributed by atoms with Gasteiger partial charge in [-0.3, -0.25) is 0 Å². The molecule has 1 aliphatic carbocycles. The lowest BCUT2D eigenvalue weighted by Gasteiger charge is -2.58. The predicted molar refractivity (Wildman–Crippen MR) is 69.8 cm³/mol. The van der Waals surface area contributed by atoms with Gasteiger partial charge >= 0.3 is 0 Å². The normalized spacial score (nSPS) is 37.1. The molecule has 1 N–H and O–H groups in total. The summed E-state index contributed by atoms with van der Waals surface area (Å²) in [5, 5.41) is 10.7. The molecule has 1 spiro atoms. The van der Waals surface area contributed by atoms with E-state index >= 15 is 0 Å². The monoisotopic (exact) mass is 252 g/mol. The van der Waals surface area contributed by atoms with Gasteiger partial charge < -0.3 is 14.6 Å². The highest BCUT2D eigenvalue weighted by Gasteiger charge is 2.62.